The number of pyridine rings is 1. The second kappa shape index (κ2) is 3.28. The molecule has 0 amide bonds. The molecule has 0 spiro atoms. The lowest BCUT2D eigenvalue weighted by atomic mass is 9.93. The smallest absolute Gasteiger partial charge is 0.167 e. The molecule has 1 aliphatic rings. The van der Waals surface area contributed by atoms with E-state index in [4.69, 9.17) is 0 Å². The number of sulfone groups is 1. The SMILES string of the molecule is C[NH+](C)C1(c2cc[nH+]cc2)CS(=O)(=O)C1. The van der Waals surface area contributed by atoms with Crippen molar-refractivity contribution >= 4 is 9.84 Å². The van der Waals surface area contributed by atoms with Crippen LogP contribution in [0.25, 0.3) is 0 Å². The van der Waals surface area contributed by atoms with E-state index in [1.165, 1.54) is 4.90 Å². The normalized spacial score (nSPS) is 22.3. The van der Waals surface area contributed by atoms with Crippen LogP contribution in [0.2, 0.25) is 0 Å². The molecule has 1 aliphatic heterocycles. The average Bonchev–Trinajstić information content (AvgIpc) is 2.14. The Morgan fingerprint density at radius 2 is 1.80 bits per heavy atom. The van der Waals surface area contributed by atoms with Crippen LogP contribution in [0.15, 0.2) is 24.5 Å². The van der Waals surface area contributed by atoms with Crippen LogP contribution in [0.3, 0.4) is 0 Å². The molecule has 2 N–H and O–H groups in total. The summed E-state index contributed by atoms with van der Waals surface area (Å²) >= 11 is 0. The van der Waals surface area contributed by atoms with Crippen LogP contribution in [0, 0.1) is 0 Å². The number of nitrogens with one attached hydrogen (secondary N) is 2. The van der Waals surface area contributed by atoms with Crippen LogP contribution >= 0.6 is 0 Å². The zero-order valence-corrected chi connectivity index (χ0v) is 9.76. The summed E-state index contributed by atoms with van der Waals surface area (Å²) in [7, 11) is 1.20. The summed E-state index contributed by atoms with van der Waals surface area (Å²) in [6.07, 6.45) is 3.68. The molecule has 4 nitrogen and oxygen atoms in total. The van der Waals surface area contributed by atoms with E-state index in [1.54, 1.807) is 0 Å². The van der Waals surface area contributed by atoms with Gasteiger partial charge in [-0.25, -0.2) is 13.4 Å². The number of aromatic amines is 1. The standard InChI is InChI=1S/C10H14N2O2S/c1-12(2)10(7-15(13,14)8-10)9-3-5-11-6-4-9/h3-6H,7-8H2,1-2H3/p+2. The Bertz CT molecular complexity index is 442. The fraction of sp³-hybridized carbons (Fsp3) is 0.500. The minimum absolute atomic E-state index is 0.242. The Labute approximate surface area is 89.9 Å². The van der Waals surface area contributed by atoms with Gasteiger partial charge in [-0.2, -0.15) is 0 Å². The molecular formula is C10H16N2O2S+2. The number of rotatable bonds is 2. The molecule has 2 rings (SSSR count). The van der Waals surface area contributed by atoms with Gasteiger partial charge in [-0.3, -0.25) is 0 Å². The van der Waals surface area contributed by atoms with Crippen LogP contribution < -0.4 is 9.88 Å². The van der Waals surface area contributed by atoms with Gasteiger partial charge in [0.1, 0.15) is 11.5 Å². The van der Waals surface area contributed by atoms with Gasteiger partial charge < -0.3 is 4.90 Å². The molecule has 0 bridgehead atoms. The highest BCUT2D eigenvalue weighted by Crippen LogP contribution is 2.30. The second-order valence-corrected chi connectivity index (χ2v) is 6.47. The molecule has 1 fully saturated rings. The minimum Gasteiger partial charge on any atom is -0.329 e. The van der Waals surface area contributed by atoms with Crippen LogP contribution in [0.1, 0.15) is 5.56 Å². The second-order valence-electron chi connectivity index (χ2n) is 4.40. The number of aromatic nitrogens is 1. The zero-order valence-electron chi connectivity index (χ0n) is 8.95. The van der Waals surface area contributed by atoms with Crippen molar-refractivity contribution in [3.63, 3.8) is 0 Å². The van der Waals surface area contributed by atoms with Crippen molar-refractivity contribution in [3.8, 4) is 0 Å². The van der Waals surface area contributed by atoms with Crippen LogP contribution in [0.5, 0.6) is 0 Å². The summed E-state index contributed by atoms with van der Waals surface area (Å²) in [6, 6.07) is 3.92. The Morgan fingerprint density at radius 3 is 2.20 bits per heavy atom. The fourth-order valence-electron chi connectivity index (χ4n) is 2.16. The van der Waals surface area contributed by atoms with E-state index in [0.29, 0.717) is 0 Å². The summed E-state index contributed by atoms with van der Waals surface area (Å²) in [5, 5.41) is 0. The number of hydrogen-bond acceptors (Lipinski definition) is 2. The van der Waals surface area contributed by atoms with Crippen molar-refractivity contribution in [3.05, 3.63) is 30.1 Å². The number of quaternary nitrogens is 1. The highest BCUT2D eigenvalue weighted by molar-refractivity contribution is 7.92. The summed E-state index contributed by atoms with van der Waals surface area (Å²) in [5.41, 5.74) is 0.851. The van der Waals surface area contributed by atoms with E-state index in [1.807, 2.05) is 38.6 Å². The van der Waals surface area contributed by atoms with Gasteiger partial charge in [0.25, 0.3) is 0 Å². The van der Waals surface area contributed by atoms with Crippen LogP contribution in [0.4, 0.5) is 0 Å². The van der Waals surface area contributed by atoms with Gasteiger partial charge in [0.2, 0.25) is 0 Å². The van der Waals surface area contributed by atoms with E-state index in [0.717, 1.165) is 5.56 Å². The topological polar surface area (TPSA) is 52.7 Å². The van der Waals surface area contributed by atoms with Gasteiger partial charge in [-0.15, -0.1) is 0 Å². The molecule has 0 aliphatic carbocycles. The molecule has 0 aromatic carbocycles. The highest BCUT2D eigenvalue weighted by Gasteiger charge is 2.55. The predicted molar refractivity (Wildman–Crippen MR) is 56.1 cm³/mol. The molecule has 15 heavy (non-hydrogen) atoms. The molecule has 1 aromatic heterocycles. The molecule has 1 saturated heterocycles. The van der Waals surface area contributed by atoms with E-state index in [2.05, 4.69) is 4.98 Å². The molecule has 5 heteroatoms. The quantitative estimate of drug-likeness (QED) is 0.654. The summed E-state index contributed by atoms with van der Waals surface area (Å²) in [6.45, 7) is 0. The van der Waals surface area contributed by atoms with Crippen LogP contribution in [-0.4, -0.2) is 34.0 Å². The average molecular weight is 228 g/mol. The third-order valence-corrected chi connectivity index (χ3v) is 5.03. The molecule has 0 atom stereocenters. The third-order valence-electron chi connectivity index (χ3n) is 3.16. The van der Waals surface area contributed by atoms with Crippen molar-refractivity contribution in [2.24, 2.45) is 0 Å². The first-order valence-corrected chi connectivity index (χ1v) is 6.76. The largest absolute Gasteiger partial charge is 0.329 e. The maximum atomic E-state index is 11.4. The molecular weight excluding hydrogens is 212 g/mol. The zero-order chi connectivity index (χ0) is 11.1. The van der Waals surface area contributed by atoms with Gasteiger partial charge in [-0.1, -0.05) is 0 Å². The lowest BCUT2D eigenvalue weighted by Gasteiger charge is -2.42. The molecule has 0 radical (unpaired) electrons. The Hall–Kier alpha value is -0.940. The van der Waals surface area contributed by atoms with Gasteiger partial charge >= 0.3 is 0 Å². The summed E-state index contributed by atoms with van der Waals surface area (Å²) in [4.78, 5) is 4.12. The molecule has 2 heterocycles. The maximum Gasteiger partial charge on any atom is 0.167 e. The predicted octanol–water partition coefficient (Wildman–Crippen LogP) is -1.73. The molecule has 0 unspecified atom stereocenters. The lowest BCUT2D eigenvalue weighted by Crippen LogP contribution is -3.17. The first-order chi connectivity index (χ1) is 6.96. The van der Waals surface area contributed by atoms with E-state index in [9.17, 15) is 8.42 Å². The molecule has 82 valence electrons. The first-order valence-electron chi connectivity index (χ1n) is 4.94. The van der Waals surface area contributed by atoms with Crippen LogP contribution in [-0.2, 0) is 15.4 Å². The van der Waals surface area contributed by atoms with Gasteiger partial charge in [0.15, 0.2) is 27.8 Å². The fourth-order valence-corrected chi connectivity index (χ4v) is 4.49. The summed E-state index contributed by atoms with van der Waals surface area (Å²) in [5.74, 6) is 0.513. The van der Waals surface area contributed by atoms with Gasteiger partial charge in [0, 0.05) is 17.7 Å². The van der Waals surface area contributed by atoms with Crippen molar-refractivity contribution < 1.29 is 18.3 Å². The monoisotopic (exact) mass is 228 g/mol. The first kappa shape index (κ1) is 10.6. The Balaban J connectivity index is 2.40. The van der Waals surface area contributed by atoms with E-state index >= 15 is 0 Å². The van der Waals surface area contributed by atoms with Gasteiger partial charge in [-0.05, 0) is 0 Å². The molecule has 0 saturated carbocycles. The van der Waals surface area contributed by atoms with Crippen molar-refractivity contribution in [2.75, 3.05) is 25.6 Å². The maximum absolute atomic E-state index is 11.4. The van der Waals surface area contributed by atoms with E-state index < -0.39 is 9.84 Å². The number of H-pyrrole nitrogens is 1. The highest BCUT2D eigenvalue weighted by atomic mass is 32.2. The number of hydrogen-bond donors (Lipinski definition) is 1. The minimum atomic E-state index is -2.81. The third kappa shape index (κ3) is 1.66. The van der Waals surface area contributed by atoms with Crippen molar-refractivity contribution in [1.82, 2.24) is 0 Å². The van der Waals surface area contributed by atoms with Crippen molar-refractivity contribution in [2.45, 2.75) is 5.54 Å². The Morgan fingerprint density at radius 1 is 1.27 bits per heavy atom. The Kier molecular flexibility index (Phi) is 2.31. The van der Waals surface area contributed by atoms with E-state index in [-0.39, 0.29) is 17.0 Å². The molecule has 1 aromatic rings. The van der Waals surface area contributed by atoms with Crippen molar-refractivity contribution in [1.29, 1.82) is 0 Å². The lowest BCUT2D eigenvalue weighted by molar-refractivity contribution is -0.919. The van der Waals surface area contributed by atoms with Gasteiger partial charge in [0.05, 0.1) is 14.1 Å². The summed E-state index contributed by atoms with van der Waals surface area (Å²) < 4.78 is 22.7.